The predicted molar refractivity (Wildman–Crippen MR) is 86.0 cm³/mol. The number of benzene rings is 1. The van der Waals surface area contributed by atoms with Gasteiger partial charge in [0, 0.05) is 18.5 Å². The SMILES string of the molecule is CC(C)CCCCCCNc1ccc(S(C)(=O)=O)cc1. The van der Waals surface area contributed by atoms with Crippen molar-refractivity contribution < 1.29 is 8.42 Å². The van der Waals surface area contributed by atoms with Crippen LogP contribution >= 0.6 is 0 Å². The molecule has 114 valence electrons. The molecule has 0 saturated carbocycles. The summed E-state index contributed by atoms with van der Waals surface area (Å²) in [6.45, 7) is 5.48. The third-order valence-corrected chi connectivity index (χ3v) is 4.45. The zero-order valence-corrected chi connectivity index (χ0v) is 13.7. The van der Waals surface area contributed by atoms with E-state index in [9.17, 15) is 8.42 Å². The van der Waals surface area contributed by atoms with Gasteiger partial charge in [-0.25, -0.2) is 8.42 Å². The van der Waals surface area contributed by atoms with Gasteiger partial charge in [-0.1, -0.05) is 39.5 Å². The topological polar surface area (TPSA) is 46.2 Å². The van der Waals surface area contributed by atoms with Crippen molar-refractivity contribution in [3.63, 3.8) is 0 Å². The largest absolute Gasteiger partial charge is 0.385 e. The zero-order chi connectivity index (χ0) is 15.0. The summed E-state index contributed by atoms with van der Waals surface area (Å²) in [7, 11) is -3.09. The lowest BCUT2D eigenvalue weighted by atomic mass is 10.0. The molecule has 0 aliphatic heterocycles. The fourth-order valence-corrected chi connectivity index (χ4v) is 2.71. The number of nitrogens with one attached hydrogen (secondary N) is 1. The molecule has 1 aromatic rings. The molecule has 1 N–H and O–H groups in total. The molecule has 0 radical (unpaired) electrons. The van der Waals surface area contributed by atoms with Gasteiger partial charge in [-0.05, 0) is 36.6 Å². The van der Waals surface area contributed by atoms with Crippen molar-refractivity contribution in [3.8, 4) is 0 Å². The van der Waals surface area contributed by atoms with Gasteiger partial charge in [0.2, 0.25) is 0 Å². The lowest BCUT2D eigenvalue weighted by Gasteiger charge is -2.07. The maximum atomic E-state index is 11.3. The number of hydrogen-bond acceptors (Lipinski definition) is 3. The highest BCUT2D eigenvalue weighted by atomic mass is 32.2. The minimum atomic E-state index is -3.09. The molecule has 0 bridgehead atoms. The Morgan fingerprint density at radius 1 is 1.00 bits per heavy atom. The Bertz CT molecular complexity index is 478. The molecular formula is C16H27NO2S. The first kappa shape index (κ1) is 17.0. The number of unbranched alkanes of at least 4 members (excludes halogenated alkanes) is 3. The molecule has 0 amide bonds. The smallest absolute Gasteiger partial charge is 0.175 e. The first-order valence-corrected chi connectivity index (χ1v) is 9.32. The summed E-state index contributed by atoms with van der Waals surface area (Å²) >= 11 is 0. The third kappa shape index (κ3) is 6.94. The summed E-state index contributed by atoms with van der Waals surface area (Å²) in [6.07, 6.45) is 7.58. The first-order chi connectivity index (χ1) is 9.39. The van der Waals surface area contributed by atoms with E-state index >= 15 is 0 Å². The van der Waals surface area contributed by atoms with Gasteiger partial charge in [0.05, 0.1) is 4.90 Å². The highest BCUT2D eigenvalue weighted by molar-refractivity contribution is 7.90. The van der Waals surface area contributed by atoms with Crippen molar-refractivity contribution in [1.82, 2.24) is 0 Å². The van der Waals surface area contributed by atoms with Crippen LogP contribution in [0.15, 0.2) is 29.2 Å². The van der Waals surface area contributed by atoms with E-state index in [4.69, 9.17) is 0 Å². The molecule has 0 heterocycles. The van der Waals surface area contributed by atoms with Crippen molar-refractivity contribution in [1.29, 1.82) is 0 Å². The van der Waals surface area contributed by atoms with Crippen LogP contribution in [0, 0.1) is 5.92 Å². The van der Waals surface area contributed by atoms with Crippen LogP contribution in [0.2, 0.25) is 0 Å². The van der Waals surface area contributed by atoms with Gasteiger partial charge in [0.25, 0.3) is 0 Å². The van der Waals surface area contributed by atoms with E-state index in [1.807, 2.05) is 12.1 Å². The molecule has 1 rings (SSSR count). The maximum Gasteiger partial charge on any atom is 0.175 e. The first-order valence-electron chi connectivity index (χ1n) is 7.43. The van der Waals surface area contributed by atoms with Crippen LogP contribution in [0.3, 0.4) is 0 Å². The van der Waals surface area contributed by atoms with Crippen LogP contribution in [0.4, 0.5) is 5.69 Å². The molecular weight excluding hydrogens is 270 g/mol. The van der Waals surface area contributed by atoms with Crippen molar-refractivity contribution in [2.75, 3.05) is 18.1 Å². The molecule has 0 unspecified atom stereocenters. The Morgan fingerprint density at radius 3 is 2.15 bits per heavy atom. The predicted octanol–water partition coefficient (Wildman–Crippen LogP) is 4.11. The number of hydrogen-bond donors (Lipinski definition) is 1. The van der Waals surface area contributed by atoms with Gasteiger partial charge in [-0.3, -0.25) is 0 Å². The quantitative estimate of drug-likeness (QED) is 0.698. The van der Waals surface area contributed by atoms with Crippen LogP contribution in [0.5, 0.6) is 0 Å². The Kier molecular flexibility index (Phi) is 7.06. The van der Waals surface area contributed by atoms with E-state index in [1.165, 1.54) is 31.9 Å². The molecule has 4 heteroatoms. The molecule has 3 nitrogen and oxygen atoms in total. The molecule has 0 saturated heterocycles. The van der Waals surface area contributed by atoms with Gasteiger partial charge in [-0.2, -0.15) is 0 Å². The van der Waals surface area contributed by atoms with E-state index in [1.54, 1.807) is 12.1 Å². The fraction of sp³-hybridized carbons (Fsp3) is 0.625. The van der Waals surface area contributed by atoms with E-state index < -0.39 is 9.84 Å². The van der Waals surface area contributed by atoms with Crippen LogP contribution in [0.1, 0.15) is 46.0 Å². The van der Waals surface area contributed by atoms with Gasteiger partial charge < -0.3 is 5.32 Å². The average molecular weight is 297 g/mol. The Morgan fingerprint density at radius 2 is 1.60 bits per heavy atom. The Labute approximate surface area is 123 Å². The average Bonchev–Trinajstić information content (AvgIpc) is 2.37. The van der Waals surface area contributed by atoms with Crippen LogP contribution in [0.25, 0.3) is 0 Å². The second kappa shape index (κ2) is 8.30. The monoisotopic (exact) mass is 297 g/mol. The molecule has 0 atom stereocenters. The number of sulfone groups is 1. The highest BCUT2D eigenvalue weighted by Gasteiger charge is 2.05. The van der Waals surface area contributed by atoms with Crippen molar-refractivity contribution in [2.24, 2.45) is 5.92 Å². The summed E-state index contributed by atoms with van der Waals surface area (Å²) < 4.78 is 22.7. The van der Waals surface area contributed by atoms with Crippen LogP contribution < -0.4 is 5.32 Å². The van der Waals surface area contributed by atoms with Gasteiger partial charge in [0.15, 0.2) is 9.84 Å². The van der Waals surface area contributed by atoms with Crippen molar-refractivity contribution in [3.05, 3.63) is 24.3 Å². The standard InChI is InChI=1S/C16H27NO2S/c1-14(2)8-6-4-5-7-13-17-15-9-11-16(12-10-15)20(3,18)19/h9-12,14,17H,4-8,13H2,1-3H3. The molecule has 1 aromatic carbocycles. The molecule has 20 heavy (non-hydrogen) atoms. The minimum Gasteiger partial charge on any atom is -0.385 e. The highest BCUT2D eigenvalue weighted by Crippen LogP contribution is 2.14. The lowest BCUT2D eigenvalue weighted by Crippen LogP contribution is -2.02. The van der Waals surface area contributed by atoms with Crippen molar-refractivity contribution in [2.45, 2.75) is 50.8 Å². The summed E-state index contributed by atoms with van der Waals surface area (Å²) in [5.41, 5.74) is 0.986. The van der Waals surface area contributed by atoms with E-state index in [0.29, 0.717) is 4.90 Å². The summed E-state index contributed by atoms with van der Waals surface area (Å²) in [5.74, 6) is 0.807. The third-order valence-electron chi connectivity index (χ3n) is 3.32. The van der Waals surface area contributed by atoms with Gasteiger partial charge in [0.1, 0.15) is 0 Å². The van der Waals surface area contributed by atoms with Gasteiger partial charge >= 0.3 is 0 Å². The zero-order valence-electron chi connectivity index (χ0n) is 12.9. The van der Waals surface area contributed by atoms with Crippen LogP contribution in [-0.4, -0.2) is 21.2 Å². The lowest BCUT2D eigenvalue weighted by molar-refractivity contribution is 0.523. The Balaban J connectivity index is 2.20. The maximum absolute atomic E-state index is 11.3. The summed E-state index contributed by atoms with van der Waals surface area (Å²) in [6, 6.07) is 6.96. The normalized spacial score (nSPS) is 11.8. The van der Waals surface area contributed by atoms with Crippen LogP contribution in [-0.2, 0) is 9.84 Å². The van der Waals surface area contributed by atoms with E-state index in [0.717, 1.165) is 24.6 Å². The second-order valence-corrected chi connectivity index (χ2v) is 7.84. The summed E-state index contributed by atoms with van der Waals surface area (Å²) in [4.78, 5) is 0.372. The van der Waals surface area contributed by atoms with E-state index in [2.05, 4.69) is 19.2 Å². The summed E-state index contributed by atoms with van der Waals surface area (Å²) in [5, 5.41) is 3.33. The fourth-order valence-electron chi connectivity index (χ4n) is 2.08. The Hall–Kier alpha value is -1.03. The van der Waals surface area contributed by atoms with E-state index in [-0.39, 0.29) is 0 Å². The molecule has 0 aliphatic rings. The van der Waals surface area contributed by atoms with Gasteiger partial charge in [-0.15, -0.1) is 0 Å². The second-order valence-electron chi connectivity index (χ2n) is 5.82. The molecule has 0 aromatic heterocycles. The molecule has 0 spiro atoms. The number of anilines is 1. The number of rotatable bonds is 9. The molecule has 0 fully saturated rings. The molecule has 0 aliphatic carbocycles. The minimum absolute atomic E-state index is 0.372. The van der Waals surface area contributed by atoms with Crippen molar-refractivity contribution >= 4 is 15.5 Å².